The van der Waals surface area contributed by atoms with Gasteiger partial charge in [-0.05, 0) is 13.3 Å². The van der Waals surface area contributed by atoms with Gasteiger partial charge < -0.3 is 0 Å². The molecule has 1 heteroatoms. The molecule has 0 bridgehead atoms. The predicted molar refractivity (Wildman–Crippen MR) is 42.7 cm³/mol. The van der Waals surface area contributed by atoms with E-state index in [4.69, 9.17) is 0 Å². The Balaban J connectivity index is 3.67. The number of hydrogen-bond donors (Lipinski definition) is 0. The standard InChI is InChI=1S/C8H13N/c1-4-6-9-7-8(3)5-2/h4,6-7H,1,5H2,2-3H3/b8-7+,9-6?. The molecule has 0 fully saturated rings. The molecule has 0 aliphatic heterocycles. The van der Waals surface area contributed by atoms with E-state index in [1.54, 1.807) is 12.3 Å². The van der Waals surface area contributed by atoms with Crippen molar-refractivity contribution in [2.24, 2.45) is 4.99 Å². The van der Waals surface area contributed by atoms with Crippen LogP contribution in [0.1, 0.15) is 20.3 Å². The van der Waals surface area contributed by atoms with Gasteiger partial charge in [0, 0.05) is 12.4 Å². The van der Waals surface area contributed by atoms with Gasteiger partial charge in [-0.25, -0.2) is 0 Å². The molecule has 0 rings (SSSR count). The lowest BCUT2D eigenvalue weighted by Gasteiger charge is -1.86. The number of nitrogens with zero attached hydrogens (tertiary/aromatic N) is 1. The number of hydrogen-bond acceptors (Lipinski definition) is 1. The van der Waals surface area contributed by atoms with Crippen LogP contribution in [0.15, 0.2) is 29.4 Å². The highest BCUT2D eigenvalue weighted by Gasteiger charge is 1.76. The van der Waals surface area contributed by atoms with E-state index in [0.717, 1.165) is 6.42 Å². The molecular formula is C8H13N. The molecule has 0 heterocycles. The van der Waals surface area contributed by atoms with E-state index in [1.807, 2.05) is 6.20 Å². The molecule has 9 heavy (non-hydrogen) atoms. The van der Waals surface area contributed by atoms with Gasteiger partial charge in [-0.3, -0.25) is 4.99 Å². The van der Waals surface area contributed by atoms with Crippen LogP contribution in [-0.4, -0.2) is 6.21 Å². The summed E-state index contributed by atoms with van der Waals surface area (Å²) in [7, 11) is 0. The second-order valence-electron chi connectivity index (χ2n) is 1.86. The molecule has 1 nitrogen and oxygen atoms in total. The third-order valence-electron chi connectivity index (χ3n) is 1.04. The summed E-state index contributed by atoms with van der Waals surface area (Å²) in [6.07, 6.45) is 6.26. The zero-order valence-electron chi connectivity index (χ0n) is 6.09. The predicted octanol–water partition coefficient (Wildman–Crippen LogP) is 2.56. The van der Waals surface area contributed by atoms with Crippen molar-refractivity contribution in [3.63, 3.8) is 0 Å². The minimum Gasteiger partial charge on any atom is -0.265 e. The molecule has 0 unspecified atom stereocenters. The lowest BCUT2D eigenvalue weighted by atomic mass is 10.3. The Morgan fingerprint density at radius 3 is 2.78 bits per heavy atom. The van der Waals surface area contributed by atoms with Crippen molar-refractivity contribution >= 4 is 6.21 Å². The molecular weight excluding hydrogens is 110 g/mol. The van der Waals surface area contributed by atoms with Crippen LogP contribution in [-0.2, 0) is 0 Å². The van der Waals surface area contributed by atoms with E-state index in [1.165, 1.54) is 5.57 Å². The Bertz CT molecular complexity index is 132. The van der Waals surface area contributed by atoms with Crippen molar-refractivity contribution < 1.29 is 0 Å². The molecule has 0 amide bonds. The Morgan fingerprint density at radius 2 is 2.33 bits per heavy atom. The Kier molecular flexibility index (Phi) is 4.79. The quantitative estimate of drug-likeness (QED) is 0.511. The molecule has 0 radical (unpaired) electrons. The molecule has 0 aliphatic rings. The lowest BCUT2D eigenvalue weighted by molar-refractivity contribution is 1.09. The topological polar surface area (TPSA) is 12.4 Å². The molecule has 0 aromatic carbocycles. The van der Waals surface area contributed by atoms with Gasteiger partial charge in [-0.2, -0.15) is 0 Å². The summed E-state index contributed by atoms with van der Waals surface area (Å²) in [5.74, 6) is 0. The summed E-state index contributed by atoms with van der Waals surface area (Å²) >= 11 is 0. The van der Waals surface area contributed by atoms with Crippen molar-refractivity contribution in [1.82, 2.24) is 0 Å². The number of aliphatic imine (C=N–C) groups is 1. The fourth-order valence-corrected chi connectivity index (χ4v) is 0.322. The highest BCUT2D eigenvalue weighted by Crippen LogP contribution is 1.96. The van der Waals surface area contributed by atoms with Crippen LogP contribution in [0.3, 0.4) is 0 Å². The van der Waals surface area contributed by atoms with Crippen molar-refractivity contribution in [2.75, 3.05) is 0 Å². The van der Waals surface area contributed by atoms with E-state index >= 15 is 0 Å². The first-order valence-corrected chi connectivity index (χ1v) is 3.11. The van der Waals surface area contributed by atoms with Crippen molar-refractivity contribution in [2.45, 2.75) is 20.3 Å². The molecule has 0 spiro atoms. The highest BCUT2D eigenvalue weighted by atomic mass is 14.7. The van der Waals surface area contributed by atoms with Crippen molar-refractivity contribution in [3.05, 3.63) is 24.4 Å². The number of allylic oxidation sites excluding steroid dienone is 2. The summed E-state index contributed by atoms with van der Waals surface area (Å²) in [5.41, 5.74) is 1.29. The van der Waals surface area contributed by atoms with Gasteiger partial charge in [-0.15, -0.1) is 0 Å². The molecule has 0 saturated heterocycles. The van der Waals surface area contributed by atoms with Gasteiger partial charge in [-0.1, -0.05) is 25.2 Å². The summed E-state index contributed by atoms with van der Waals surface area (Å²) in [6, 6.07) is 0. The lowest BCUT2D eigenvalue weighted by Crippen LogP contribution is -1.68. The van der Waals surface area contributed by atoms with Gasteiger partial charge in [0.25, 0.3) is 0 Å². The molecule has 0 N–H and O–H groups in total. The Labute approximate surface area is 56.8 Å². The zero-order valence-corrected chi connectivity index (χ0v) is 6.09. The summed E-state index contributed by atoms with van der Waals surface area (Å²) < 4.78 is 0. The van der Waals surface area contributed by atoms with Crippen LogP contribution in [0.5, 0.6) is 0 Å². The van der Waals surface area contributed by atoms with Gasteiger partial charge in [0.15, 0.2) is 0 Å². The van der Waals surface area contributed by atoms with Gasteiger partial charge in [0.05, 0.1) is 0 Å². The molecule has 0 saturated carbocycles. The third-order valence-corrected chi connectivity index (χ3v) is 1.04. The maximum absolute atomic E-state index is 3.96. The average Bonchev–Trinajstić information content (AvgIpc) is 1.89. The van der Waals surface area contributed by atoms with Crippen LogP contribution in [0.2, 0.25) is 0 Å². The maximum Gasteiger partial charge on any atom is 0.0261 e. The highest BCUT2D eigenvalue weighted by molar-refractivity contribution is 5.70. The molecule has 0 aromatic rings. The van der Waals surface area contributed by atoms with E-state index in [-0.39, 0.29) is 0 Å². The van der Waals surface area contributed by atoms with Crippen molar-refractivity contribution in [3.8, 4) is 0 Å². The monoisotopic (exact) mass is 123 g/mol. The number of rotatable bonds is 3. The average molecular weight is 123 g/mol. The largest absolute Gasteiger partial charge is 0.265 e. The van der Waals surface area contributed by atoms with E-state index in [2.05, 4.69) is 25.4 Å². The van der Waals surface area contributed by atoms with Crippen LogP contribution in [0.25, 0.3) is 0 Å². The molecule has 0 aliphatic carbocycles. The first kappa shape index (κ1) is 8.15. The van der Waals surface area contributed by atoms with E-state index in [0.29, 0.717) is 0 Å². The summed E-state index contributed by atoms with van der Waals surface area (Å²) in [5, 5.41) is 0. The SMILES string of the molecule is C=CC=N/C=C(\C)CC. The maximum atomic E-state index is 3.96. The minimum absolute atomic E-state index is 1.06. The minimum atomic E-state index is 1.06. The third kappa shape index (κ3) is 5.01. The Hall–Kier alpha value is -0.850. The molecule has 0 atom stereocenters. The van der Waals surface area contributed by atoms with E-state index in [9.17, 15) is 0 Å². The van der Waals surface area contributed by atoms with Gasteiger partial charge in [0.2, 0.25) is 0 Å². The normalized spacial score (nSPS) is 12.4. The fourth-order valence-electron chi connectivity index (χ4n) is 0.322. The fraction of sp³-hybridized carbons (Fsp3) is 0.375. The molecule has 50 valence electrons. The first-order chi connectivity index (χ1) is 4.31. The van der Waals surface area contributed by atoms with Gasteiger partial charge >= 0.3 is 0 Å². The van der Waals surface area contributed by atoms with Crippen LogP contribution in [0.4, 0.5) is 0 Å². The second kappa shape index (κ2) is 5.29. The smallest absolute Gasteiger partial charge is 0.0261 e. The van der Waals surface area contributed by atoms with Crippen LogP contribution < -0.4 is 0 Å². The van der Waals surface area contributed by atoms with Crippen molar-refractivity contribution in [1.29, 1.82) is 0 Å². The first-order valence-electron chi connectivity index (χ1n) is 3.11. The summed E-state index contributed by atoms with van der Waals surface area (Å²) in [6.45, 7) is 7.67. The Morgan fingerprint density at radius 1 is 1.67 bits per heavy atom. The summed E-state index contributed by atoms with van der Waals surface area (Å²) in [4.78, 5) is 3.96. The van der Waals surface area contributed by atoms with Gasteiger partial charge in [0.1, 0.15) is 0 Å². The molecule has 0 aromatic heterocycles. The zero-order chi connectivity index (χ0) is 7.11. The second-order valence-corrected chi connectivity index (χ2v) is 1.86. The van der Waals surface area contributed by atoms with Crippen LogP contribution >= 0.6 is 0 Å². The van der Waals surface area contributed by atoms with E-state index < -0.39 is 0 Å². The van der Waals surface area contributed by atoms with Crippen LogP contribution in [0, 0.1) is 0 Å².